The zero-order valence-electron chi connectivity index (χ0n) is 16.0. The molecule has 0 aliphatic carbocycles. The predicted octanol–water partition coefficient (Wildman–Crippen LogP) is 3.00. The lowest BCUT2D eigenvalue weighted by atomic mass is 10.0. The van der Waals surface area contributed by atoms with E-state index in [1.807, 2.05) is 46.4 Å². The maximum Gasteiger partial charge on any atom is 0.322 e. The van der Waals surface area contributed by atoms with Crippen LogP contribution in [-0.2, 0) is 10.0 Å². The van der Waals surface area contributed by atoms with Crippen molar-refractivity contribution in [1.82, 2.24) is 19.0 Å². The van der Waals surface area contributed by atoms with Crippen LogP contribution in [0.3, 0.4) is 0 Å². The van der Waals surface area contributed by atoms with Crippen molar-refractivity contribution in [2.75, 3.05) is 24.7 Å². The monoisotopic (exact) mass is 433 g/mol. The quantitative estimate of drug-likeness (QED) is 0.647. The number of benzene rings is 1. The third-order valence-corrected chi connectivity index (χ3v) is 6.46. The van der Waals surface area contributed by atoms with Gasteiger partial charge in [-0.3, -0.25) is 4.40 Å². The highest BCUT2D eigenvalue weighted by atomic mass is 32.2. The molecule has 29 heavy (non-hydrogen) atoms. The van der Waals surface area contributed by atoms with Crippen LogP contribution in [0.15, 0.2) is 42.0 Å². The summed E-state index contributed by atoms with van der Waals surface area (Å²) in [6.07, 6.45) is 7.76. The summed E-state index contributed by atoms with van der Waals surface area (Å²) >= 11 is 1.58. The van der Waals surface area contributed by atoms with E-state index >= 15 is 0 Å². The molecule has 0 spiro atoms. The average molecular weight is 434 g/mol. The smallest absolute Gasteiger partial charge is 0.320 e. The first-order valence-corrected chi connectivity index (χ1v) is 12.2. The van der Waals surface area contributed by atoms with Crippen LogP contribution in [0.1, 0.15) is 19.3 Å². The number of hydrogen-bond acceptors (Lipinski definition) is 5. The van der Waals surface area contributed by atoms with Gasteiger partial charge in [0.05, 0.1) is 11.9 Å². The first-order chi connectivity index (χ1) is 13.9. The molecule has 0 bridgehead atoms. The molecule has 3 aromatic rings. The number of nitrogens with one attached hydrogen (secondary N) is 2. The van der Waals surface area contributed by atoms with E-state index < -0.39 is 10.0 Å². The van der Waals surface area contributed by atoms with Gasteiger partial charge in [-0.05, 0) is 31.4 Å². The van der Waals surface area contributed by atoms with Gasteiger partial charge in [-0.2, -0.15) is 0 Å². The zero-order chi connectivity index (χ0) is 20.4. The molecule has 1 saturated heterocycles. The van der Waals surface area contributed by atoms with E-state index in [0.29, 0.717) is 12.2 Å². The van der Waals surface area contributed by atoms with Crippen molar-refractivity contribution >= 4 is 38.0 Å². The van der Waals surface area contributed by atoms with Crippen LogP contribution < -0.4 is 10.0 Å². The molecule has 154 valence electrons. The summed E-state index contributed by atoms with van der Waals surface area (Å²) in [7, 11) is -3.28. The molecule has 1 aromatic carbocycles. The van der Waals surface area contributed by atoms with Gasteiger partial charge in [-0.15, -0.1) is 11.3 Å². The van der Waals surface area contributed by atoms with Crippen LogP contribution >= 0.6 is 11.3 Å². The maximum absolute atomic E-state index is 12.8. The second kappa shape index (κ2) is 8.13. The molecule has 4 rings (SSSR count). The Morgan fingerprint density at radius 1 is 1.28 bits per heavy atom. The fourth-order valence-corrected chi connectivity index (χ4v) is 4.71. The number of nitrogens with zero attached hydrogens (tertiary/aromatic N) is 3. The summed E-state index contributed by atoms with van der Waals surface area (Å²) in [6, 6.07) is 7.22. The van der Waals surface area contributed by atoms with E-state index in [1.54, 1.807) is 16.2 Å². The van der Waals surface area contributed by atoms with E-state index in [4.69, 9.17) is 0 Å². The molecular formula is C19H23N5O3S2. The van der Waals surface area contributed by atoms with Crippen LogP contribution in [0.25, 0.3) is 16.2 Å². The Hall–Kier alpha value is -2.43. The van der Waals surface area contributed by atoms with Crippen LogP contribution in [0.2, 0.25) is 0 Å². The number of urea groups is 1. The lowest BCUT2D eigenvalue weighted by Gasteiger charge is -2.35. The van der Waals surface area contributed by atoms with Crippen molar-refractivity contribution in [1.29, 1.82) is 0 Å². The Bertz CT molecular complexity index is 1080. The summed E-state index contributed by atoms with van der Waals surface area (Å²) in [5.41, 5.74) is 2.56. The largest absolute Gasteiger partial charge is 0.322 e. The SMILES string of the molecule is CS(=O)(=O)NCC1CCCCN1C(=O)Nc1ccc(-c2cn3ccsc3n2)cc1. The number of piperidine rings is 1. The Morgan fingerprint density at radius 2 is 2.07 bits per heavy atom. The third kappa shape index (κ3) is 4.77. The van der Waals surface area contributed by atoms with Crippen molar-refractivity contribution < 1.29 is 13.2 Å². The fourth-order valence-electron chi connectivity index (χ4n) is 3.51. The van der Waals surface area contributed by atoms with E-state index in [2.05, 4.69) is 15.0 Å². The molecule has 10 heteroatoms. The molecule has 0 radical (unpaired) electrons. The minimum Gasteiger partial charge on any atom is -0.320 e. The number of fused-ring (bicyclic) bond motifs is 1. The third-order valence-electron chi connectivity index (χ3n) is 4.99. The van der Waals surface area contributed by atoms with E-state index in [0.717, 1.165) is 41.7 Å². The Kier molecular flexibility index (Phi) is 5.57. The highest BCUT2D eigenvalue weighted by Gasteiger charge is 2.27. The molecule has 3 heterocycles. The topological polar surface area (TPSA) is 95.8 Å². The number of thiazole rings is 1. The Labute approximate surface area is 173 Å². The Balaban J connectivity index is 1.42. The first-order valence-electron chi connectivity index (χ1n) is 9.44. The standard InChI is InChI=1S/C19H23N5O3S2/c1-29(26,27)20-12-16-4-2-3-9-24(16)18(25)21-15-7-5-14(6-8-15)17-13-23-10-11-28-19(23)22-17/h5-8,10-11,13,16,20H,2-4,9,12H2,1H3,(H,21,25). The number of imidazole rings is 1. The number of carbonyl (C=O) groups excluding carboxylic acids is 1. The second-order valence-electron chi connectivity index (χ2n) is 7.19. The molecule has 0 saturated carbocycles. The Morgan fingerprint density at radius 3 is 2.79 bits per heavy atom. The molecule has 1 fully saturated rings. The summed E-state index contributed by atoms with van der Waals surface area (Å²) in [6.45, 7) is 0.855. The number of amides is 2. The minimum absolute atomic E-state index is 0.142. The van der Waals surface area contributed by atoms with Crippen LogP contribution in [0.4, 0.5) is 10.5 Å². The maximum atomic E-state index is 12.8. The van der Waals surface area contributed by atoms with Gasteiger partial charge in [0.25, 0.3) is 0 Å². The van der Waals surface area contributed by atoms with Gasteiger partial charge >= 0.3 is 6.03 Å². The van der Waals surface area contributed by atoms with Crippen molar-refractivity contribution in [3.05, 3.63) is 42.0 Å². The van der Waals surface area contributed by atoms with Gasteiger partial charge in [-0.25, -0.2) is 22.9 Å². The van der Waals surface area contributed by atoms with Gasteiger partial charge in [0.15, 0.2) is 4.96 Å². The summed E-state index contributed by atoms with van der Waals surface area (Å²) in [4.78, 5) is 20.0. The van der Waals surface area contributed by atoms with Crippen LogP contribution in [0.5, 0.6) is 0 Å². The van der Waals surface area contributed by atoms with E-state index in [1.165, 1.54) is 0 Å². The van der Waals surface area contributed by atoms with Gasteiger partial charge in [0.1, 0.15) is 0 Å². The van der Waals surface area contributed by atoms with E-state index in [9.17, 15) is 13.2 Å². The van der Waals surface area contributed by atoms with Gasteiger partial charge < -0.3 is 10.2 Å². The molecule has 1 aliphatic heterocycles. The molecule has 1 aliphatic rings. The zero-order valence-corrected chi connectivity index (χ0v) is 17.7. The fraction of sp³-hybridized carbons (Fsp3) is 0.368. The molecule has 1 unspecified atom stereocenters. The first kappa shape index (κ1) is 19.9. The van der Waals surface area contributed by atoms with Crippen molar-refractivity contribution in [3.63, 3.8) is 0 Å². The lowest BCUT2D eigenvalue weighted by Crippen LogP contribution is -2.50. The second-order valence-corrected chi connectivity index (χ2v) is 9.90. The summed E-state index contributed by atoms with van der Waals surface area (Å²) < 4.78 is 27.3. The number of likely N-dealkylation sites (tertiary alicyclic amines) is 1. The summed E-state index contributed by atoms with van der Waals surface area (Å²) in [5.74, 6) is 0. The molecule has 2 N–H and O–H groups in total. The number of aromatic nitrogens is 2. The number of carbonyl (C=O) groups is 1. The number of rotatable bonds is 5. The van der Waals surface area contributed by atoms with Gasteiger partial charge in [-0.1, -0.05) is 12.1 Å². The number of anilines is 1. The molecule has 1 atom stereocenters. The molecule has 2 amide bonds. The van der Waals surface area contributed by atoms with Crippen LogP contribution in [-0.4, -0.2) is 54.1 Å². The van der Waals surface area contributed by atoms with Crippen LogP contribution in [0, 0.1) is 0 Å². The van der Waals surface area contributed by atoms with Gasteiger partial charge in [0, 0.05) is 48.2 Å². The highest BCUT2D eigenvalue weighted by molar-refractivity contribution is 7.88. The van der Waals surface area contributed by atoms with Crippen molar-refractivity contribution in [2.45, 2.75) is 25.3 Å². The van der Waals surface area contributed by atoms with Crippen molar-refractivity contribution in [3.8, 4) is 11.3 Å². The molecular weight excluding hydrogens is 410 g/mol. The number of hydrogen-bond donors (Lipinski definition) is 2. The average Bonchev–Trinajstić information content (AvgIpc) is 3.29. The highest BCUT2D eigenvalue weighted by Crippen LogP contribution is 2.24. The number of sulfonamides is 1. The molecule has 2 aromatic heterocycles. The normalized spacial score (nSPS) is 17.6. The van der Waals surface area contributed by atoms with E-state index in [-0.39, 0.29) is 18.6 Å². The van der Waals surface area contributed by atoms with Crippen molar-refractivity contribution in [2.24, 2.45) is 0 Å². The summed E-state index contributed by atoms with van der Waals surface area (Å²) in [5, 5.41) is 4.92. The predicted molar refractivity (Wildman–Crippen MR) is 115 cm³/mol. The lowest BCUT2D eigenvalue weighted by molar-refractivity contribution is 0.164. The van der Waals surface area contributed by atoms with Gasteiger partial charge in [0.2, 0.25) is 10.0 Å². The minimum atomic E-state index is -3.28. The molecule has 8 nitrogen and oxygen atoms in total.